The van der Waals surface area contributed by atoms with E-state index in [0.717, 1.165) is 11.6 Å². The Hall–Kier alpha value is -1.35. The Bertz CT molecular complexity index is 371. The minimum atomic E-state index is 0.0334. The summed E-state index contributed by atoms with van der Waals surface area (Å²) in [6.07, 6.45) is 5.28. The third-order valence-electron chi connectivity index (χ3n) is 3.75. The standard InChI is InChI=1S/C15H22N2O/c1-12(13-7-5-6-8-13)16-11-15(18)17-14-9-3-2-4-10-14/h2-4,9-10,12-13,16H,5-8,11H2,1H3,(H,17,18)/t12-/m0/s1. The first-order valence-corrected chi connectivity index (χ1v) is 6.84. The van der Waals surface area contributed by atoms with Crippen LogP contribution in [-0.4, -0.2) is 18.5 Å². The van der Waals surface area contributed by atoms with Crippen LogP contribution in [0.5, 0.6) is 0 Å². The van der Waals surface area contributed by atoms with Crippen molar-refractivity contribution in [3.8, 4) is 0 Å². The van der Waals surface area contributed by atoms with Gasteiger partial charge in [0.15, 0.2) is 0 Å². The lowest BCUT2D eigenvalue weighted by Gasteiger charge is -2.20. The normalized spacial score (nSPS) is 17.6. The van der Waals surface area contributed by atoms with Gasteiger partial charge in [-0.15, -0.1) is 0 Å². The topological polar surface area (TPSA) is 41.1 Å². The van der Waals surface area contributed by atoms with E-state index in [9.17, 15) is 4.79 Å². The molecule has 98 valence electrons. The van der Waals surface area contributed by atoms with Gasteiger partial charge in [-0.3, -0.25) is 4.79 Å². The number of para-hydroxylation sites is 1. The molecule has 2 N–H and O–H groups in total. The quantitative estimate of drug-likeness (QED) is 0.838. The Morgan fingerprint density at radius 2 is 1.94 bits per heavy atom. The molecule has 1 fully saturated rings. The average molecular weight is 246 g/mol. The lowest BCUT2D eigenvalue weighted by molar-refractivity contribution is -0.115. The number of hydrogen-bond acceptors (Lipinski definition) is 2. The highest BCUT2D eigenvalue weighted by Gasteiger charge is 2.21. The minimum Gasteiger partial charge on any atom is -0.325 e. The molecular weight excluding hydrogens is 224 g/mol. The largest absolute Gasteiger partial charge is 0.325 e. The average Bonchev–Trinajstić information content (AvgIpc) is 2.91. The number of amides is 1. The van der Waals surface area contributed by atoms with Crippen LogP contribution >= 0.6 is 0 Å². The van der Waals surface area contributed by atoms with Crippen molar-refractivity contribution in [1.29, 1.82) is 0 Å². The van der Waals surface area contributed by atoms with Crippen LogP contribution < -0.4 is 10.6 Å². The molecular formula is C15H22N2O. The molecule has 0 aromatic heterocycles. The molecule has 1 saturated carbocycles. The monoisotopic (exact) mass is 246 g/mol. The molecule has 1 aromatic carbocycles. The summed E-state index contributed by atoms with van der Waals surface area (Å²) in [5.41, 5.74) is 0.859. The van der Waals surface area contributed by atoms with Crippen molar-refractivity contribution in [2.45, 2.75) is 38.6 Å². The molecule has 0 heterocycles. The van der Waals surface area contributed by atoms with Crippen molar-refractivity contribution in [1.82, 2.24) is 5.32 Å². The van der Waals surface area contributed by atoms with Gasteiger partial charge in [0.2, 0.25) is 5.91 Å². The van der Waals surface area contributed by atoms with Crippen LogP contribution in [0.3, 0.4) is 0 Å². The summed E-state index contributed by atoms with van der Waals surface area (Å²) in [7, 11) is 0. The van der Waals surface area contributed by atoms with E-state index in [4.69, 9.17) is 0 Å². The highest BCUT2D eigenvalue weighted by Crippen LogP contribution is 2.27. The summed E-state index contributed by atoms with van der Waals surface area (Å²) in [5.74, 6) is 0.778. The van der Waals surface area contributed by atoms with E-state index in [2.05, 4.69) is 17.6 Å². The SMILES string of the molecule is C[C@H](NCC(=O)Nc1ccccc1)C1CCCC1. The third-order valence-corrected chi connectivity index (χ3v) is 3.75. The van der Waals surface area contributed by atoms with Gasteiger partial charge in [0.25, 0.3) is 0 Å². The molecule has 2 rings (SSSR count). The van der Waals surface area contributed by atoms with Crippen molar-refractivity contribution in [3.63, 3.8) is 0 Å². The van der Waals surface area contributed by atoms with Crippen LogP contribution in [-0.2, 0) is 4.79 Å². The maximum atomic E-state index is 11.8. The summed E-state index contributed by atoms with van der Waals surface area (Å²) in [4.78, 5) is 11.8. The van der Waals surface area contributed by atoms with Crippen molar-refractivity contribution in [3.05, 3.63) is 30.3 Å². The van der Waals surface area contributed by atoms with Gasteiger partial charge in [-0.25, -0.2) is 0 Å². The fraction of sp³-hybridized carbons (Fsp3) is 0.533. The molecule has 0 bridgehead atoms. The molecule has 3 nitrogen and oxygen atoms in total. The van der Waals surface area contributed by atoms with Gasteiger partial charge in [0.1, 0.15) is 0 Å². The molecule has 0 saturated heterocycles. The van der Waals surface area contributed by atoms with Gasteiger partial charge < -0.3 is 10.6 Å². The van der Waals surface area contributed by atoms with E-state index < -0.39 is 0 Å². The molecule has 1 atom stereocenters. The Morgan fingerprint density at radius 1 is 1.28 bits per heavy atom. The second kappa shape index (κ2) is 6.55. The third kappa shape index (κ3) is 3.84. The molecule has 0 spiro atoms. The molecule has 18 heavy (non-hydrogen) atoms. The van der Waals surface area contributed by atoms with Gasteiger partial charge >= 0.3 is 0 Å². The first-order valence-electron chi connectivity index (χ1n) is 6.84. The number of hydrogen-bond donors (Lipinski definition) is 2. The van der Waals surface area contributed by atoms with Gasteiger partial charge in [0, 0.05) is 11.7 Å². The molecule has 1 amide bonds. The number of anilines is 1. The zero-order valence-electron chi connectivity index (χ0n) is 11.0. The molecule has 3 heteroatoms. The zero-order chi connectivity index (χ0) is 12.8. The van der Waals surface area contributed by atoms with E-state index in [1.807, 2.05) is 30.3 Å². The Morgan fingerprint density at radius 3 is 2.61 bits per heavy atom. The Balaban J connectivity index is 1.71. The van der Waals surface area contributed by atoms with Gasteiger partial charge in [-0.1, -0.05) is 31.0 Å². The minimum absolute atomic E-state index is 0.0334. The molecule has 0 aliphatic heterocycles. The van der Waals surface area contributed by atoms with Crippen LogP contribution in [0.2, 0.25) is 0 Å². The fourth-order valence-electron chi connectivity index (χ4n) is 2.60. The van der Waals surface area contributed by atoms with Gasteiger partial charge in [-0.05, 0) is 37.8 Å². The summed E-state index contributed by atoms with van der Waals surface area (Å²) >= 11 is 0. The first kappa shape index (κ1) is 13.1. The Kier molecular flexibility index (Phi) is 4.76. The van der Waals surface area contributed by atoms with Crippen LogP contribution in [0.1, 0.15) is 32.6 Å². The summed E-state index contributed by atoms with van der Waals surface area (Å²) in [5, 5.41) is 6.22. The second-order valence-corrected chi connectivity index (χ2v) is 5.13. The lowest BCUT2D eigenvalue weighted by Crippen LogP contribution is -2.38. The molecule has 1 aliphatic rings. The maximum absolute atomic E-state index is 11.8. The smallest absolute Gasteiger partial charge is 0.238 e. The number of carbonyl (C=O) groups is 1. The maximum Gasteiger partial charge on any atom is 0.238 e. The summed E-state index contributed by atoms with van der Waals surface area (Å²) in [6.45, 7) is 2.58. The van der Waals surface area contributed by atoms with Crippen molar-refractivity contribution < 1.29 is 4.79 Å². The van der Waals surface area contributed by atoms with Gasteiger partial charge in [-0.2, -0.15) is 0 Å². The number of nitrogens with one attached hydrogen (secondary N) is 2. The van der Waals surface area contributed by atoms with Crippen molar-refractivity contribution in [2.24, 2.45) is 5.92 Å². The van der Waals surface area contributed by atoms with E-state index in [1.54, 1.807) is 0 Å². The van der Waals surface area contributed by atoms with E-state index in [1.165, 1.54) is 25.7 Å². The van der Waals surface area contributed by atoms with Crippen molar-refractivity contribution in [2.75, 3.05) is 11.9 Å². The molecule has 0 radical (unpaired) electrons. The van der Waals surface area contributed by atoms with Crippen LogP contribution in [0, 0.1) is 5.92 Å². The molecule has 1 aliphatic carbocycles. The van der Waals surface area contributed by atoms with E-state index in [0.29, 0.717) is 12.6 Å². The van der Waals surface area contributed by atoms with Crippen molar-refractivity contribution >= 4 is 11.6 Å². The number of carbonyl (C=O) groups excluding carboxylic acids is 1. The highest BCUT2D eigenvalue weighted by molar-refractivity contribution is 5.92. The van der Waals surface area contributed by atoms with Gasteiger partial charge in [0.05, 0.1) is 6.54 Å². The molecule has 1 aromatic rings. The second-order valence-electron chi connectivity index (χ2n) is 5.13. The van der Waals surface area contributed by atoms with Crippen LogP contribution in [0.4, 0.5) is 5.69 Å². The number of rotatable bonds is 5. The fourth-order valence-corrected chi connectivity index (χ4v) is 2.60. The lowest BCUT2D eigenvalue weighted by atomic mass is 10.00. The Labute approximate surface area is 109 Å². The zero-order valence-corrected chi connectivity index (χ0v) is 11.0. The van der Waals surface area contributed by atoms with Crippen LogP contribution in [0.25, 0.3) is 0 Å². The first-order chi connectivity index (χ1) is 8.75. The summed E-state index contributed by atoms with van der Waals surface area (Å²) < 4.78 is 0. The predicted octanol–water partition coefficient (Wildman–Crippen LogP) is 2.79. The molecule has 0 unspecified atom stereocenters. The van der Waals surface area contributed by atoms with E-state index >= 15 is 0 Å². The predicted molar refractivity (Wildman–Crippen MR) is 74.5 cm³/mol. The number of benzene rings is 1. The van der Waals surface area contributed by atoms with E-state index in [-0.39, 0.29) is 5.91 Å². The highest BCUT2D eigenvalue weighted by atomic mass is 16.1. The summed E-state index contributed by atoms with van der Waals surface area (Å²) in [6, 6.07) is 10.0. The van der Waals surface area contributed by atoms with Crippen LogP contribution in [0.15, 0.2) is 30.3 Å².